The van der Waals surface area contributed by atoms with Gasteiger partial charge in [0.1, 0.15) is 11.5 Å². The summed E-state index contributed by atoms with van der Waals surface area (Å²) in [6.45, 7) is 1.70. The summed E-state index contributed by atoms with van der Waals surface area (Å²) in [6, 6.07) is 8.65. The minimum Gasteiger partial charge on any atom is -0.506 e. The van der Waals surface area contributed by atoms with Gasteiger partial charge in [0.25, 0.3) is 5.91 Å². The first-order chi connectivity index (χ1) is 11.4. The number of benzene rings is 2. The number of hydrogen-bond acceptors (Lipinski definition) is 4. The van der Waals surface area contributed by atoms with Gasteiger partial charge in [0.15, 0.2) is 6.61 Å². The van der Waals surface area contributed by atoms with Crippen molar-refractivity contribution in [2.45, 2.75) is 6.92 Å². The number of phenols is 1. The summed E-state index contributed by atoms with van der Waals surface area (Å²) < 4.78 is 6.40. The van der Waals surface area contributed by atoms with Crippen LogP contribution in [0.1, 0.15) is 11.1 Å². The molecule has 0 unspecified atom stereocenters. The van der Waals surface area contributed by atoms with Gasteiger partial charge in [0, 0.05) is 0 Å². The number of nitrogens with zero attached hydrogens (tertiary/aromatic N) is 1. The third-order valence-corrected chi connectivity index (χ3v) is 4.41. The average Bonchev–Trinajstić information content (AvgIpc) is 2.53. The van der Waals surface area contributed by atoms with Crippen molar-refractivity contribution >= 4 is 55.6 Å². The van der Waals surface area contributed by atoms with E-state index in [2.05, 4.69) is 42.4 Å². The summed E-state index contributed by atoms with van der Waals surface area (Å²) in [5.74, 6) is 0.127. The second kappa shape index (κ2) is 8.50. The highest BCUT2D eigenvalue weighted by atomic mass is 79.9. The number of halogens is 3. The van der Waals surface area contributed by atoms with Crippen LogP contribution in [0.25, 0.3) is 0 Å². The minimum atomic E-state index is -0.416. The molecular formula is C16H13Br2ClN2O3. The van der Waals surface area contributed by atoms with Gasteiger partial charge in [-0.2, -0.15) is 5.10 Å². The van der Waals surface area contributed by atoms with Crippen molar-refractivity contribution in [3.8, 4) is 11.5 Å². The molecule has 0 heterocycles. The molecule has 1 amide bonds. The van der Waals surface area contributed by atoms with Crippen molar-refractivity contribution in [1.29, 1.82) is 0 Å². The molecule has 2 rings (SSSR count). The van der Waals surface area contributed by atoms with E-state index in [-0.39, 0.29) is 12.4 Å². The quantitative estimate of drug-likeness (QED) is 0.496. The Morgan fingerprint density at radius 2 is 2.00 bits per heavy atom. The van der Waals surface area contributed by atoms with Gasteiger partial charge >= 0.3 is 0 Å². The van der Waals surface area contributed by atoms with Crippen LogP contribution < -0.4 is 10.2 Å². The number of phenolic OH excluding ortho intramolecular Hbond substituents is 1. The number of carbonyl (C=O) groups excluding carboxylic acids is 1. The molecule has 5 nitrogen and oxygen atoms in total. The van der Waals surface area contributed by atoms with Crippen LogP contribution in [0.4, 0.5) is 0 Å². The molecule has 0 atom stereocenters. The molecule has 8 heteroatoms. The Morgan fingerprint density at radius 1 is 1.33 bits per heavy atom. The van der Waals surface area contributed by atoms with Crippen molar-refractivity contribution in [3.05, 3.63) is 55.4 Å². The highest BCUT2D eigenvalue weighted by Crippen LogP contribution is 2.32. The lowest BCUT2D eigenvalue weighted by Crippen LogP contribution is -2.24. The third kappa shape index (κ3) is 5.22. The minimum absolute atomic E-state index is 0.0969. The molecule has 0 radical (unpaired) electrons. The van der Waals surface area contributed by atoms with Crippen molar-refractivity contribution in [3.63, 3.8) is 0 Å². The average molecular weight is 477 g/mol. The molecule has 0 saturated heterocycles. The molecule has 0 fully saturated rings. The molecule has 0 saturated carbocycles. The number of aromatic hydroxyl groups is 1. The van der Waals surface area contributed by atoms with E-state index in [1.807, 2.05) is 13.0 Å². The topological polar surface area (TPSA) is 70.9 Å². The maximum absolute atomic E-state index is 11.7. The number of nitrogens with one attached hydrogen (secondary N) is 1. The van der Waals surface area contributed by atoms with E-state index in [0.717, 1.165) is 5.56 Å². The number of hydrogen-bond donors (Lipinski definition) is 2. The maximum atomic E-state index is 11.7. The third-order valence-electron chi connectivity index (χ3n) is 2.89. The Morgan fingerprint density at radius 3 is 2.67 bits per heavy atom. The molecule has 24 heavy (non-hydrogen) atoms. The Balaban J connectivity index is 1.90. The number of ether oxygens (including phenoxy) is 1. The van der Waals surface area contributed by atoms with E-state index < -0.39 is 5.91 Å². The number of hydrazone groups is 1. The monoisotopic (exact) mass is 474 g/mol. The molecule has 2 N–H and O–H groups in total. The fourth-order valence-corrected chi connectivity index (χ4v) is 3.13. The van der Waals surface area contributed by atoms with Crippen LogP contribution in [-0.2, 0) is 4.79 Å². The molecule has 0 aromatic heterocycles. The summed E-state index contributed by atoms with van der Waals surface area (Å²) in [5.41, 5.74) is 4.03. The maximum Gasteiger partial charge on any atom is 0.277 e. The summed E-state index contributed by atoms with van der Waals surface area (Å²) >= 11 is 12.4. The van der Waals surface area contributed by atoms with Crippen molar-refractivity contribution in [1.82, 2.24) is 5.43 Å². The lowest BCUT2D eigenvalue weighted by atomic mass is 10.2. The second-order valence-corrected chi connectivity index (χ2v) is 6.96. The first-order valence-corrected chi connectivity index (χ1v) is 8.72. The number of carbonyl (C=O) groups is 1. The fourth-order valence-electron chi connectivity index (χ4n) is 1.74. The number of aryl methyl sites for hydroxylation is 1. The molecule has 0 aliphatic heterocycles. The number of rotatable bonds is 5. The fraction of sp³-hybridized carbons (Fsp3) is 0.125. The molecule has 126 valence electrons. The van der Waals surface area contributed by atoms with E-state index in [9.17, 15) is 9.90 Å². The normalized spacial score (nSPS) is 10.8. The van der Waals surface area contributed by atoms with Crippen LogP contribution in [0, 0.1) is 6.92 Å². The standard InChI is InChI=1S/C16H13Br2ClN2O3/c1-9-2-3-13(19)14(4-9)24-8-15(22)21-20-7-10-5-11(17)16(23)12(18)6-10/h2-7,23H,8H2,1H3,(H,21,22)/b20-7+. The van der Waals surface area contributed by atoms with Gasteiger partial charge in [-0.05, 0) is 74.2 Å². The SMILES string of the molecule is Cc1ccc(Cl)c(OCC(=O)N/N=C/c2cc(Br)c(O)c(Br)c2)c1. The van der Waals surface area contributed by atoms with Crippen LogP contribution in [0.5, 0.6) is 11.5 Å². The van der Waals surface area contributed by atoms with Crippen LogP contribution >= 0.6 is 43.5 Å². The summed E-state index contributed by atoms with van der Waals surface area (Å²) in [6.07, 6.45) is 1.45. The first-order valence-electron chi connectivity index (χ1n) is 6.75. The van der Waals surface area contributed by atoms with Crippen LogP contribution in [0.15, 0.2) is 44.4 Å². The molecule has 2 aromatic carbocycles. The Kier molecular flexibility index (Phi) is 6.65. The van der Waals surface area contributed by atoms with Gasteiger partial charge in [-0.25, -0.2) is 5.43 Å². The van der Waals surface area contributed by atoms with Crippen LogP contribution in [-0.4, -0.2) is 23.8 Å². The Bertz CT molecular complexity index is 774. The molecule has 0 spiro atoms. The van der Waals surface area contributed by atoms with Crippen LogP contribution in [0.2, 0.25) is 5.02 Å². The first kappa shape index (κ1) is 18.8. The van der Waals surface area contributed by atoms with Crippen LogP contribution in [0.3, 0.4) is 0 Å². The Hall–Kier alpha value is -1.57. The molecular weight excluding hydrogens is 463 g/mol. The molecule has 0 aliphatic carbocycles. The van der Waals surface area contributed by atoms with Gasteiger partial charge < -0.3 is 9.84 Å². The van der Waals surface area contributed by atoms with E-state index >= 15 is 0 Å². The zero-order valence-corrected chi connectivity index (χ0v) is 16.4. The van der Waals surface area contributed by atoms with Gasteiger partial charge in [-0.15, -0.1) is 0 Å². The lowest BCUT2D eigenvalue weighted by Gasteiger charge is -2.07. The smallest absolute Gasteiger partial charge is 0.277 e. The highest BCUT2D eigenvalue weighted by Gasteiger charge is 2.06. The van der Waals surface area contributed by atoms with Gasteiger partial charge in [-0.3, -0.25) is 4.79 Å². The summed E-state index contributed by atoms with van der Waals surface area (Å²) in [7, 11) is 0. The van der Waals surface area contributed by atoms with Gasteiger partial charge in [0.05, 0.1) is 20.2 Å². The number of amides is 1. The Labute approximate surface area is 160 Å². The summed E-state index contributed by atoms with van der Waals surface area (Å²) in [5, 5.41) is 13.9. The van der Waals surface area contributed by atoms with Gasteiger partial charge in [0.2, 0.25) is 0 Å². The summed E-state index contributed by atoms with van der Waals surface area (Å²) in [4.78, 5) is 11.7. The van der Waals surface area contributed by atoms with Crippen molar-refractivity contribution in [2.24, 2.45) is 5.10 Å². The predicted octanol–water partition coefficient (Wildman–Crippen LogP) is 4.41. The van der Waals surface area contributed by atoms with E-state index in [4.69, 9.17) is 16.3 Å². The van der Waals surface area contributed by atoms with Crippen molar-refractivity contribution < 1.29 is 14.6 Å². The van der Waals surface area contributed by atoms with E-state index in [0.29, 0.717) is 25.3 Å². The second-order valence-electron chi connectivity index (χ2n) is 4.85. The zero-order chi connectivity index (χ0) is 17.7. The predicted molar refractivity (Wildman–Crippen MR) is 101 cm³/mol. The lowest BCUT2D eigenvalue weighted by molar-refractivity contribution is -0.123. The van der Waals surface area contributed by atoms with E-state index in [1.54, 1.807) is 24.3 Å². The van der Waals surface area contributed by atoms with E-state index in [1.165, 1.54) is 6.21 Å². The molecule has 2 aromatic rings. The largest absolute Gasteiger partial charge is 0.506 e. The van der Waals surface area contributed by atoms with Crippen molar-refractivity contribution in [2.75, 3.05) is 6.61 Å². The highest BCUT2D eigenvalue weighted by molar-refractivity contribution is 9.11. The molecule has 0 bridgehead atoms. The van der Waals surface area contributed by atoms with Gasteiger partial charge in [-0.1, -0.05) is 17.7 Å². The zero-order valence-electron chi connectivity index (χ0n) is 12.5. The molecule has 0 aliphatic rings.